The van der Waals surface area contributed by atoms with Crippen LogP contribution in [0.2, 0.25) is 5.02 Å². The van der Waals surface area contributed by atoms with E-state index in [4.69, 9.17) is 20.7 Å². The summed E-state index contributed by atoms with van der Waals surface area (Å²) in [5.41, 5.74) is 2.77. The SMILES string of the molecule is CC(O)CN1CCN(C2Cc3ccccc3Sc3ccc(Cl)cc32)CC1.CS(=O)(=O)O.CS(=O)(=O)O. The fourth-order valence-electron chi connectivity index (χ4n) is 4.04. The topological polar surface area (TPSA) is 135 Å². The highest BCUT2D eigenvalue weighted by Crippen LogP contribution is 2.43. The van der Waals surface area contributed by atoms with Crippen LogP contribution in [0.4, 0.5) is 0 Å². The van der Waals surface area contributed by atoms with Crippen LogP contribution < -0.4 is 0 Å². The highest BCUT2D eigenvalue weighted by atomic mass is 35.5. The van der Waals surface area contributed by atoms with Gasteiger partial charge in [0.2, 0.25) is 0 Å². The lowest BCUT2D eigenvalue weighted by Gasteiger charge is -2.40. The van der Waals surface area contributed by atoms with E-state index in [1.54, 1.807) is 0 Å². The summed E-state index contributed by atoms with van der Waals surface area (Å²) in [7, 11) is -7.33. The summed E-state index contributed by atoms with van der Waals surface area (Å²) in [6, 6.07) is 15.4. The van der Waals surface area contributed by atoms with Crippen LogP contribution in [0.15, 0.2) is 52.3 Å². The summed E-state index contributed by atoms with van der Waals surface area (Å²) >= 11 is 8.22. The van der Waals surface area contributed by atoms with Gasteiger partial charge >= 0.3 is 0 Å². The summed E-state index contributed by atoms with van der Waals surface area (Å²) < 4.78 is 51.7. The van der Waals surface area contributed by atoms with E-state index in [9.17, 15) is 21.9 Å². The highest BCUT2D eigenvalue weighted by molar-refractivity contribution is 7.99. The fraction of sp³-hybridized carbons (Fsp3) is 0.478. The summed E-state index contributed by atoms with van der Waals surface area (Å²) in [6.07, 6.45) is 2.19. The number of piperazine rings is 1. The van der Waals surface area contributed by atoms with Crippen LogP contribution in [0.5, 0.6) is 0 Å². The smallest absolute Gasteiger partial charge is 0.261 e. The average molecular weight is 581 g/mol. The first-order chi connectivity index (χ1) is 16.6. The number of nitrogens with zero attached hydrogens (tertiary/aromatic N) is 2. The van der Waals surface area contributed by atoms with Crippen LogP contribution in [0.25, 0.3) is 0 Å². The molecule has 2 aromatic carbocycles. The molecule has 0 spiro atoms. The molecule has 13 heteroatoms. The minimum absolute atomic E-state index is 0.262. The van der Waals surface area contributed by atoms with Gasteiger partial charge in [-0.15, -0.1) is 0 Å². The number of fused-ring (bicyclic) bond motifs is 2. The average Bonchev–Trinajstić information content (AvgIpc) is 2.88. The van der Waals surface area contributed by atoms with Gasteiger partial charge in [0.05, 0.1) is 18.6 Å². The zero-order valence-electron chi connectivity index (χ0n) is 20.4. The molecular formula is C23H33ClN2O7S3. The van der Waals surface area contributed by atoms with Crippen molar-refractivity contribution in [2.45, 2.75) is 35.3 Å². The largest absolute Gasteiger partial charge is 0.392 e. The van der Waals surface area contributed by atoms with Gasteiger partial charge in [-0.25, -0.2) is 0 Å². The van der Waals surface area contributed by atoms with E-state index in [-0.39, 0.29) is 6.10 Å². The van der Waals surface area contributed by atoms with Gasteiger partial charge in [0.25, 0.3) is 20.2 Å². The molecule has 0 aliphatic carbocycles. The molecule has 36 heavy (non-hydrogen) atoms. The Morgan fingerprint density at radius 2 is 1.53 bits per heavy atom. The van der Waals surface area contributed by atoms with Crippen molar-refractivity contribution in [1.82, 2.24) is 9.80 Å². The molecule has 2 aromatic rings. The minimum atomic E-state index is -3.67. The minimum Gasteiger partial charge on any atom is -0.392 e. The number of aliphatic hydroxyl groups excluding tert-OH is 1. The molecule has 0 saturated carbocycles. The highest BCUT2D eigenvalue weighted by Gasteiger charge is 2.30. The molecule has 2 atom stereocenters. The van der Waals surface area contributed by atoms with Crippen molar-refractivity contribution in [2.75, 3.05) is 45.2 Å². The molecule has 0 bridgehead atoms. The predicted molar refractivity (Wildman–Crippen MR) is 143 cm³/mol. The van der Waals surface area contributed by atoms with Crippen molar-refractivity contribution < 1.29 is 31.0 Å². The second-order valence-corrected chi connectivity index (χ2v) is 13.2. The Balaban J connectivity index is 0.000000389. The first-order valence-electron chi connectivity index (χ1n) is 11.1. The van der Waals surface area contributed by atoms with Crippen molar-refractivity contribution in [2.24, 2.45) is 0 Å². The van der Waals surface area contributed by atoms with Crippen LogP contribution in [0, 0.1) is 0 Å². The van der Waals surface area contributed by atoms with Gasteiger partial charge in [-0.3, -0.25) is 18.9 Å². The summed E-state index contributed by atoms with van der Waals surface area (Å²) in [4.78, 5) is 7.62. The molecule has 0 radical (unpaired) electrons. The lowest BCUT2D eigenvalue weighted by molar-refractivity contribution is 0.0611. The van der Waals surface area contributed by atoms with Gasteiger partial charge in [0.1, 0.15) is 0 Å². The third-order valence-corrected chi connectivity index (χ3v) is 6.75. The number of benzene rings is 2. The number of halogens is 1. The Labute approximate surface area is 223 Å². The summed E-state index contributed by atoms with van der Waals surface area (Å²) in [5.74, 6) is 0. The fourth-order valence-corrected chi connectivity index (χ4v) is 5.33. The molecule has 2 heterocycles. The number of rotatable bonds is 3. The van der Waals surface area contributed by atoms with Crippen molar-refractivity contribution in [3.8, 4) is 0 Å². The van der Waals surface area contributed by atoms with Crippen molar-refractivity contribution in [3.05, 3.63) is 58.6 Å². The number of aliphatic hydroxyl groups is 1. The third-order valence-electron chi connectivity index (χ3n) is 5.31. The van der Waals surface area contributed by atoms with Gasteiger partial charge in [0, 0.05) is 53.6 Å². The zero-order valence-corrected chi connectivity index (χ0v) is 23.6. The molecular weight excluding hydrogens is 548 g/mol. The standard InChI is InChI=1S/C21H25ClN2OS.2CH4O3S/c1-15(25)14-23-8-10-24(11-9-23)19-12-16-4-2-3-5-20(16)26-21-7-6-17(22)13-18(19)21;2*1-5(2,3)4/h2-7,13,15,19,25H,8-12,14H2,1H3;2*1H3,(H,2,3,4). The third kappa shape index (κ3) is 11.9. The quantitative estimate of drug-likeness (QED) is 0.465. The Hall–Kier alpha value is -1.22. The Morgan fingerprint density at radius 1 is 0.972 bits per heavy atom. The molecule has 4 rings (SSSR count). The van der Waals surface area contributed by atoms with Gasteiger partial charge in [0.15, 0.2) is 0 Å². The molecule has 2 aliphatic rings. The summed E-state index contributed by atoms with van der Waals surface area (Å²) in [5, 5.41) is 10.5. The first kappa shape index (κ1) is 31.0. The molecule has 9 nitrogen and oxygen atoms in total. The Morgan fingerprint density at radius 3 is 2.08 bits per heavy atom. The molecule has 0 amide bonds. The maximum Gasteiger partial charge on any atom is 0.261 e. The normalized spacial score (nSPS) is 19.4. The van der Waals surface area contributed by atoms with Gasteiger partial charge in [-0.05, 0) is 48.7 Å². The molecule has 1 fully saturated rings. The van der Waals surface area contributed by atoms with E-state index in [1.165, 1.54) is 20.9 Å². The number of hydrogen-bond donors (Lipinski definition) is 3. The van der Waals surface area contributed by atoms with Crippen LogP contribution in [-0.2, 0) is 26.7 Å². The second kappa shape index (κ2) is 13.5. The van der Waals surface area contributed by atoms with Gasteiger partial charge in [-0.2, -0.15) is 16.8 Å². The second-order valence-electron chi connectivity index (χ2n) is 8.76. The van der Waals surface area contributed by atoms with E-state index in [1.807, 2.05) is 24.8 Å². The maximum absolute atomic E-state index is 9.65. The molecule has 2 unspecified atom stereocenters. The first-order valence-corrected chi connectivity index (χ1v) is 16.0. The van der Waals surface area contributed by atoms with E-state index < -0.39 is 20.2 Å². The van der Waals surface area contributed by atoms with Crippen molar-refractivity contribution in [3.63, 3.8) is 0 Å². The summed E-state index contributed by atoms with van der Waals surface area (Å²) in [6.45, 7) is 6.69. The molecule has 3 N–H and O–H groups in total. The predicted octanol–water partition coefficient (Wildman–Crippen LogP) is 3.09. The van der Waals surface area contributed by atoms with Gasteiger partial charge < -0.3 is 5.11 Å². The van der Waals surface area contributed by atoms with Crippen LogP contribution in [0.3, 0.4) is 0 Å². The van der Waals surface area contributed by atoms with E-state index in [0.717, 1.165) is 44.2 Å². The van der Waals surface area contributed by atoms with E-state index in [0.29, 0.717) is 18.6 Å². The lowest BCUT2D eigenvalue weighted by atomic mass is 9.96. The van der Waals surface area contributed by atoms with Crippen LogP contribution in [0.1, 0.15) is 24.1 Å². The molecule has 1 saturated heterocycles. The van der Waals surface area contributed by atoms with Crippen LogP contribution >= 0.6 is 23.4 Å². The van der Waals surface area contributed by atoms with E-state index in [2.05, 4.69) is 46.2 Å². The molecule has 0 aromatic heterocycles. The van der Waals surface area contributed by atoms with Gasteiger partial charge in [-0.1, -0.05) is 41.6 Å². The number of hydrogen-bond acceptors (Lipinski definition) is 8. The van der Waals surface area contributed by atoms with Crippen molar-refractivity contribution >= 4 is 43.6 Å². The maximum atomic E-state index is 9.65. The number of β-amino-alcohol motifs (C(OH)–C–C–N with tert-alkyl or cyclic N) is 1. The molecule has 202 valence electrons. The van der Waals surface area contributed by atoms with E-state index >= 15 is 0 Å². The zero-order chi connectivity index (χ0) is 27.1. The Bertz CT molecular complexity index is 1170. The monoisotopic (exact) mass is 580 g/mol. The molecule has 2 aliphatic heterocycles. The lowest BCUT2D eigenvalue weighted by Crippen LogP contribution is -2.49. The Kier molecular flexibility index (Phi) is 11.7. The van der Waals surface area contributed by atoms with Crippen LogP contribution in [-0.4, -0.2) is 92.2 Å². The van der Waals surface area contributed by atoms with Crippen molar-refractivity contribution in [1.29, 1.82) is 0 Å².